The number of benzene rings is 2. The number of nitrogens with zero attached hydrogens (tertiary/aromatic N) is 2. The van der Waals surface area contributed by atoms with Gasteiger partial charge in [-0.15, -0.1) is 24.0 Å². The van der Waals surface area contributed by atoms with Gasteiger partial charge in [0.2, 0.25) is 0 Å². The summed E-state index contributed by atoms with van der Waals surface area (Å²) >= 11 is 0. The van der Waals surface area contributed by atoms with E-state index in [0.717, 1.165) is 24.0 Å². The van der Waals surface area contributed by atoms with Crippen LogP contribution in [-0.2, 0) is 13.0 Å². The second-order valence-corrected chi connectivity index (χ2v) is 6.91. The SMILES string of the molecule is CCC(C)NC(=NCc1ccc([N+](=O)[O-])cc1)NCCc1ccc(OC)c(OC)c1.I. The summed E-state index contributed by atoms with van der Waals surface area (Å²) in [5.41, 5.74) is 2.11. The molecule has 2 aromatic rings. The van der Waals surface area contributed by atoms with Gasteiger partial charge in [-0.25, -0.2) is 4.99 Å². The van der Waals surface area contributed by atoms with Crippen molar-refractivity contribution in [1.82, 2.24) is 10.6 Å². The third-order valence-corrected chi connectivity index (χ3v) is 4.72. The van der Waals surface area contributed by atoms with Crippen LogP contribution in [0, 0.1) is 10.1 Å². The Morgan fingerprint density at radius 2 is 1.74 bits per heavy atom. The lowest BCUT2D eigenvalue weighted by Crippen LogP contribution is -2.42. The maximum Gasteiger partial charge on any atom is 0.269 e. The Morgan fingerprint density at radius 3 is 2.32 bits per heavy atom. The van der Waals surface area contributed by atoms with Gasteiger partial charge in [-0.05, 0) is 43.0 Å². The first-order valence-electron chi connectivity index (χ1n) is 9.95. The molecule has 1 unspecified atom stereocenters. The highest BCUT2D eigenvalue weighted by Gasteiger charge is 2.07. The van der Waals surface area contributed by atoms with Crippen LogP contribution in [-0.4, -0.2) is 37.7 Å². The molecule has 0 aliphatic carbocycles. The van der Waals surface area contributed by atoms with E-state index in [4.69, 9.17) is 9.47 Å². The fourth-order valence-electron chi connectivity index (χ4n) is 2.74. The summed E-state index contributed by atoms with van der Waals surface area (Å²) in [5, 5.41) is 17.5. The molecule has 9 heteroatoms. The van der Waals surface area contributed by atoms with E-state index < -0.39 is 4.92 Å². The van der Waals surface area contributed by atoms with Crippen LogP contribution in [0.3, 0.4) is 0 Å². The highest BCUT2D eigenvalue weighted by atomic mass is 127. The Hall–Kier alpha value is -2.56. The average Bonchev–Trinajstić information content (AvgIpc) is 2.77. The van der Waals surface area contributed by atoms with Gasteiger partial charge in [0.25, 0.3) is 5.69 Å². The van der Waals surface area contributed by atoms with Gasteiger partial charge in [-0.3, -0.25) is 10.1 Å². The number of ether oxygens (including phenoxy) is 2. The summed E-state index contributed by atoms with van der Waals surface area (Å²) < 4.78 is 10.6. The van der Waals surface area contributed by atoms with Gasteiger partial charge in [0.1, 0.15) is 0 Å². The van der Waals surface area contributed by atoms with Gasteiger partial charge in [0, 0.05) is 24.7 Å². The minimum Gasteiger partial charge on any atom is -0.493 e. The van der Waals surface area contributed by atoms with Crippen molar-refractivity contribution in [2.75, 3.05) is 20.8 Å². The molecule has 0 aliphatic heterocycles. The summed E-state index contributed by atoms with van der Waals surface area (Å²) in [7, 11) is 3.24. The first kappa shape index (κ1) is 26.5. The number of non-ortho nitro benzene ring substituents is 1. The van der Waals surface area contributed by atoms with E-state index in [-0.39, 0.29) is 35.7 Å². The fraction of sp³-hybridized carbons (Fsp3) is 0.409. The molecule has 0 saturated heterocycles. The summed E-state index contributed by atoms with van der Waals surface area (Å²) in [4.78, 5) is 15.0. The highest BCUT2D eigenvalue weighted by molar-refractivity contribution is 14.0. The Bertz CT molecular complexity index is 859. The normalized spacial score (nSPS) is 11.8. The standard InChI is InChI=1S/C22H30N4O4.HI/c1-5-16(2)25-22(24-15-18-6-9-19(10-7-18)26(27)28)23-13-12-17-8-11-20(29-3)21(14-17)30-4;/h6-11,14,16H,5,12-13,15H2,1-4H3,(H2,23,24,25);1H. The molecule has 0 amide bonds. The van der Waals surface area contributed by atoms with Crippen LogP contribution in [0.1, 0.15) is 31.4 Å². The molecule has 2 aromatic carbocycles. The number of methoxy groups -OCH3 is 2. The molecule has 8 nitrogen and oxygen atoms in total. The third-order valence-electron chi connectivity index (χ3n) is 4.72. The third kappa shape index (κ3) is 8.60. The van der Waals surface area contributed by atoms with Gasteiger partial charge in [0.15, 0.2) is 17.5 Å². The molecule has 0 heterocycles. The van der Waals surface area contributed by atoms with Gasteiger partial charge >= 0.3 is 0 Å². The van der Waals surface area contributed by atoms with E-state index in [2.05, 4.69) is 29.5 Å². The summed E-state index contributed by atoms with van der Waals surface area (Å²) in [6.45, 7) is 5.32. The molecule has 0 aliphatic rings. The summed E-state index contributed by atoms with van der Waals surface area (Å²) in [6.07, 6.45) is 1.76. The lowest BCUT2D eigenvalue weighted by Gasteiger charge is -2.17. The van der Waals surface area contributed by atoms with Crippen LogP contribution in [0.4, 0.5) is 5.69 Å². The van der Waals surface area contributed by atoms with Crippen molar-refractivity contribution in [2.24, 2.45) is 4.99 Å². The molecular weight excluding hydrogens is 511 g/mol. The van der Waals surface area contributed by atoms with Crippen molar-refractivity contribution in [1.29, 1.82) is 0 Å². The van der Waals surface area contributed by atoms with Crippen molar-refractivity contribution in [3.05, 3.63) is 63.7 Å². The molecule has 0 spiro atoms. The molecule has 0 saturated carbocycles. The molecule has 2 N–H and O–H groups in total. The van der Waals surface area contributed by atoms with Gasteiger partial charge in [-0.1, -0.05) is 25.1 Å². The van der Waals surface area contributed by atoms with E-state index in [0.29, 0.717) is 30.5 Å². The molecule has 170 valence electrons. The Morgan fingerprint density at radius 1 is 1.10 bits per heavy atom. The molecule has 0 radical (unpaired) electrons. The topological polar surface area (TPSA) is 98.0 Å². The summed E-state index contributed by atoms with van der Waals surface area (Å²) in [5.74, 6) is 2.13. The van der Waals surface area contributed by atoms with Gasteiger partial charge in [-0.2, -0.15) is 0 Å². The predicted molar refractivity (Wildman–Crippen MR) is 134 cm³/mol. The number of guanidine groups is 1. The van der Waals surface area contributed by atoms with Crippen molar-refractivity contribution >= 4 is 35.6 Å². The predicted octanol–water partition coefficient (Wildman–Crippen LogP) is 4.31. The number of hydrogen-bond acceptors (Lipinski definition) is 5. The number of hydrogen-bond donors (Lipinski definition) is 2. The van der Waals surface area contributed by atoms with Crippen LogP contribution < -0.4 is 20.1 Å². The van der Waals surface area contributed by atoms with Crippen LogP contribution in [0.2, 0.25) is 0 Å². The molecule has 0 fully saturated rings. The van der Waals surface area contributed by atoms with Crippen molar-refractivity contribution in [2.45, 2.75) is 39.3 Å². The number of nitrogens with one attached hydrogen (secondary N) is 2. The lowest BCUT2D eigenvalue weighted by atomic mass is 10.1. The molecule has 31 heavy (non-hydrogen) atoms. The summed E-state index contributed by atoms with van der Waals surface area (Å²) in [6, 6.07) is 12.6. The molecule has 2 rings (SSSR count). The number of rotatable bonds is 10. The minimum atomic E-state index is -0.404. The number of halogens is 1. The number of nitro groups is 1. The quantitative estimate of drug-likeness (QED) is 0.153. The van der Waals surface area contributed by atoms with E-state index in [1.165, 1.54) is 12.1 Å². The average molecular weight is 542 g/mol. The van der Waals surface area contributed by atoms with Crippen molar-refractivity contribution < 1.29 is 14.4 Å². The van der Waals surface area contributed by atoms with Crippen LogP contribution in [0.5, 0.6) is 11.5 Å². The van der Waals surface area contributed by atoms with Gasteiger partial charge in [0.05, 0.1) is 25.7 Å². The smallest absolute Gasteiger partial charge is 0.269 e. The second-order valence-electron chi connectivity index (χ2n) is 6.91. The zero-order valence-corrected chi connectivity index (χ0v) is 20.7. The lowest BCUT2D eigenvalue weighted by molar-refractivity contribution is -0.384. The first-order chi connectivity index (χ1) is 14.5. The van der Waals surface area contributed by atoms with E-state index in [1.54, 1.807) is 26.4 Å². The Balaban J connectivity index is 0.00000480. The number of aliphatic imine (C=N–C) groups is 1. The molecule has 0 bridgehead atoms. The van der Waals surface area contributed by atoms with E-state index >= 15 is 0 Å². The van der Waals surface area contributed by atoms with Crippen molar-refractivity contribution in [3.63, 3.8) is 0 Å². The second kappa shape index (κ2) is 13.7. The zero-order valence-electron chi connectivity index (χ0n) is 18.4. The fourth-order valence-corrected chi connectivity index (χ4v) is 2.74. The maximum atomic E-state index is 10.8. The van der Waals surface area contributed by atoms with Crippen LogP contribution >= 0.6 is 24.0 Å². The first-order valence-corrected chi connectivity index (χ1v) is 9.95. The van der Waals surface area contributed by atoms with Gasteiger partial charge < -0.3 is 20.1 Å². The minimum absolute atomic E-state index is 0. The Labute approximate surface area is 200 Å². The van der Waals surface area contributed by atoms with E-state index in [9.17, 15) is 10.1 Å². The maximum absolute atomic E-state index is 10.8. The molecule has 1 atom stereocenters. The largest absolute Gasteiger partial charge is 0.493 e. The zero-order chi connectivity index (χ0) is 21.9. The van der Waals surface area contributed by atoms with Crippen LogP contribution in [0.15, 0.2) is 47.5 Å². The molecule has 0 aromatic heterocycles. The number of nitro benzene ring substituents is 1. The Kier molecular flexibility index (Phi) is 11.7. The van der Waals surface area contributed by atoms with Crippen LogP contribution in [0.25, 0.3) is 0 Å². The highest BCUT2D eigenvalue weighted by Crippen LogP contribution is 2.27. The van der Waals surface area contributed by atoms with E-state index in [1.807, 2.05) is 18.2 Å². The van der Waals surface area contributed by atoms with Crippen molar-refractivity contribution in [3.8, 4) is 11.5 Å². The molecular formula is C22H31IN4O4. The monoisotopic (exact) mass is 542 g/mol.